The molecule has 0 aliphatic rings. The van der Waals surface area contributed by atoms with Crippen molar-refractivity contribution in [2.75, 3.05) is 13.7 Å². The number of aryl methyl sites for hydroxylation is 2. The van der Waals surface area contributed by atoms with E-state index in [1.165, 1.54) is 0 Å². The lowest BCUT2D eigenvalue weighted by atomic mass is 9.99. The van der Waals surface area contributed by atoms with Crippen LogP contribution in [0.1, 0.15) is 38.9 Å². The minimum atomic E-state index is -0.318. The number of carbonyl (C=O) groups is 1. The van der Waals surface area contributed by atoms with Gasteiger partial charge in [-0.15, -0.1) is 0 Å². The van der Waals surface area contributed by atoms with Crippen molar-refractivity contribution in [1.29, 1.82) is 0 Å². The van der Waals surface area contributed by atoms with Crippen LogP contribution >= 0.6 is 0 Å². The Kier molecular flexibility index (Phi) is 5.28. The fraction of sp³-hybridized carbons (Fsp3) is 0.286. The van der Waals surface area contributed by atoms with E-state index in [-0.39, 0.29) is 11.9 Å². The van der Waals surface area contributed by atoms with Gasteiger partial charge in [-0.3, -0.25) is 14.8 Å². The van der Waals surface area contributed by atoms with Crippen LogP contribution in [0, 0.1) is 20.8 Å². The van der Waals surface area contributed by atoms with Gasteiger partial charge in [0.05, 0.1) is 29.4 Å². The molecule has 0 aliphatic heterocycles. The highest BCUT2D eigenvalue weighted by atomic mass is 16.5. The summed E-state index contributed by atoms with van der Waals surface area (Å²) in [5.41, 5.74) is 5.09. The van der Waals surface area contributed by atoms with Gasteiger partial charge in [-0.05, 0) is 50.6 Å². The summed E-state index contributed by atoms with van der Waals surface area (Å²) >= 11 is 0. The number of pyridine rings is 2. The first kappa shape index (κ1) is 18.0. The van der Waals surface area contributed by atoms with Crippen molar-refractivity contribution in [2.45, 2.75) is 26.8 Å². The summed E-state index contributed by atoms with van der Waals surface area (Å²) < 4.78 is 5.29. The average molecular weight is 349 g/mol. The summed E-state index contributed by atoms with van der Waals surface area (Å²) in [6.45, 7) is 6.22. The second-order valence-electron chi connectivity index (χ2n) is 6.45. The summed E-state index contributed by atoms with van der Waals surface area (Å²) in [5, 5.41) is 3.94. The van der Waals surface area contributed by atoms with Gasteiger partial charge in [-0.2, -0.15) is 0 Å². The number of hydrogen-bond donors (Lipinski definition) is 1. The predicted octanol–water partition coefficient (Wildman–Crippen LogP) is 3.67. The fourth-order valence-corrected chi connectivity index (χ4v) is 3.07. The number of amides is 1. The number of nitrogens with zero attached hydrogens (tertiary/aromatic N) is 2. The number of benzene rings is 1. The van der Waals surface area contributed by atoms with E-state index in [4.69, 9.17) is 4.74 Å². The monoisotopic (exact) mass is 349 g/mol. The van der Waals surface area contributed by atoms with Crippen molar-refractivity contribution in [3.8, 4) is 0 Å². The summed E-state index contributed by atoms with van der Waals surface area (Å²) in [4.78, 5) is 22.1. The molecule has 0 saturated carbocycles. The molecular weight excluding hydrogens is 326 g/mol. The van der Waals surface area contributed by atoms with Gasteiger partial charge in [0.2, 0.25) is 0 Å². The lowest BCUT2D eigenvalue weighted by molar-refractivity contribution is 0.0895. The fourth-order valence-electron chi connectivity index (χ4n) is 3.07. The highest BCUT2D eigenvalue weighted by molar-refractivity contribution is 6.07. The molecule has 5 heteroatoms. The minimum Gasteiger partial charge on any atom is -0.382 e. The Balaban J connectivity index is 2.03. The zero-order valence-electron chi connectivity index (χ0n) is 15.5. The molecule has 0 spiro atoms. The number of nitrogens with one attached hydrogen (secondary N) is 1. The molecule has 0 fully saturated rings. The van der Waals surface area contributed by atoms with Crippen molar-refractivity contribution in [1.82, 2.24) is 15.3 Å². The Hall–Kier alpha value is -2.79. The first-order valence-corrected chi connectivity index (χ1v) is 8.59. The lowest BCUT2D eigenvalue weighted by Crippen LogP contribution is -2.32. The van der Waals surface area contributed by atoms with Gasteiger partial charge >= 0.3 is 0 Å². The molecule has 0 unspecified atom stereocenters. The number of carbonyl (C=O) groups excluding carboxylic acids is 1. The van der Waals surface area contributed by atoms with Gasteiger partial charge in [-0.25, -0.2) is 0 Å². The molecule has 2 heterocycles. The molecule has 1 N–H and O–H groups in total. The Morgan fingerprint density at radius 3 is 2.69 bits per heavy atom. The first-order chi connectivity index (χ1) is 12.5. The highest BCUT2D eigenvalue weighted by Crippen LogP contribution is 2.25. The zero-order valence-corrected chi connectivity index (χ0v) is 15.5. The molecule has 0 saturated heterocycles. The number of rotatable bonds is 5. The molecule has 2 aromatic heterocycles. The SMILES string of the molecule is COC[C@H](NC(=O)c1c(C)c(C)nc2ccc(C)cc12)c1ccccn1. The van der Waals surface area contributed by atoms with Gasteiger partial charge in [0.15, 0.2) is 0 Å². The van der Waals surface area contributed by atoms with E-state index in [2.05, 4.69) is 15.3 Å². The molecule has 1 aromatic carbocycles. The third kappa shape index (κ3) is 3.58. The van der Waals surface area contributed by atoms with E-state index in [0.29, 0.717) is 12.2 Å². The van der Waals surface area contributed by atoms with Crippen LogP contribution in [-0.4, -0.2) is 29.6 Å². The average Bonchev–Trinajstić information content (AvgIpc) is 2.63. The number of hydrogen-bond acceptors (Lipinski definition) is 4. The topological polar surface area (TPSA) is 64.1 Å². The van der Waals surface area contributed by atoms with Crippen LogP contribution in [0.3, 0.4) is 0 Å². The molecule has 0 aliphatic carbocycles. The molecule has 3 rings (SSSR count). The molecule has 1 amide bonds. The summed E-state index contributed by atoms with van der Waals surface area (Å²) in [7, 11) is 1.61. The van der Waals surface area contributed by atoms with Gasteiger partial charge in [0.1, 0.15) is 0 Å². The van der Waals surface area contributed by atoms with E-state index >= 15 is 0 Å². The molecule has 134 valence electrons. The van der Waals surface area contributed by atoms with Crippen LogP contribution in [0.2, 0.25) is 0 Å². The maximum Gasteiger partial charge on any atom is 0.252 e. The van der Waals surface area contributed by atoms with E-state index in [9.17, 15) is 4.79 Å². The summed E-state index contributed by atoms with van der Waals surface area (Å²) in [6, 6.07) is 11.3. The Bertz CT molecular complexity index is 939. The maximum atomic E-state index is 13.2. The maximum absolute atomic E-state index is 13.2. The summed E-state index contributed by atoms with van der Waals surface area (Å²) in [6.07, 6.45) is 1.71. The van der Waals surface area contributed by atoms with E-state index < -0.39 is 0 Å². The van der Waals surface area contributed by atoms with Crippen LogP contribution in [0.15, 0.2) is 42.6 Å². The summed E-state index contributed by atoms with van der Waals surface area (Å²) in [5.74, 6) is -0.142. The van der Waals surface area contributed by atoms with Crippen LogP contribution in [0.25, 0.3) is 10.9 Å². The van der Waals surface area contributed by atoms with Crippen molar-refractivity contribution >= 4 is 16.8 Å². The van der Waals surface area contributed by atoms with Gasteiger partial charge in [-0.1, -0.05) is 17.7 Å². The van der Waals surface area contributed by atoms with Crippen LogP contribution in [0.4, 0.5) is 0 Å². The third-order valence-corrected chi connectivity index (χ3v) is 4.54. The van der Waals surface area contributed by atoms with Crippen LogP contribution in [0.5, 0.6) is 0 Å². The zero-order chi connectivity index (χ0) is 18.7. The quantitative estimate of drug-likeness (QED) is 0.763. The Labute approximate surface area is 153 Å². The number of fused-ring (bicyclic) bond motifs is 1. The predicted molar refractivity (Wildman–Crippen MR) is 102 cm³/mol. The first-order valence-electron chi connectivity index (χ1n) is 8.59. The van der Waals surface area contributed by atoms with Crippen molar-refractivity contribution in [3.63, 3.8) is 0 Å². The lowest BCUT2D eigenvalue weighted by Gasteiger charge is -2.19. The molecule has 0 bridgehead atoms. The molecular formula is C21H23N3O2. The van der Waals surface area contributed by atoms with Crippen molar-refractivity contribution in [2.24, 2.45) is 0 Å². The number of methoxy groups -OCH3 is 1. The van der Waals surface area contributed by atoms with Gasteiger partial charge in [0.25, 0.3) is 5.91 Å². The smallest absolute Gasteiger partial charge is 0.252 e. The second-order valence-corrected chi connectivity index (χ2v) is 6.45. The molecule has 0 radical (unpaired) electrons. The minimum absolute atomic E-state index is 0.142. The standard InChI is InChI=1S/C21H23N3O2/c1-13-8-9-17-16(11-13)20(14(2)15(3)23-17)21(25)24-19(12-26-4)18-7-5-6-10-22-18/h5-11,19H,12H2,1-4H3,(H,24,25)/t19-/m0/s1. The van der Waals surface area contributed by atoms with E-state index in [0.717, 1.165) is 33.4 Å². The van der Waals surface area contributed by atoms with Gasteiger partial charge < -0.3 is 10.1 Å². The van der Waals surface area contributed by atoms with Crippen molar-refractivity contribution in [3.05, 3.63) is 70.7 Å². The van der Waals surface area contributed by atoms with Crippen molar-refractivity contribution < 1.29 is 9.53 Å². The Morgan fingerprint density at radius 2 is 2.00 bits per heavy atom. The van der Waals surface area contributed by atoms with Crippen LogP contribution < -0.4 is 5.32 Å². The Morgan fingerprint density at radius 1 is 1.19 bits per heavy atom. The number of ether oxygens (including phenoxy) is 1. The largest absolute Gasteiger partial charge is 0.382 e. The number of aromatic nitrogens is 2. The molecule has 5 nitrogen and oxygen atoms in total. The van der Waals surface area contributed by atoms with E-state index in [1.54, 1.807) is 13.3 Å². The molecule has 26 heavy (non-hydrogen) atoms. The second kappa shape index (κ2) is 7.62. The third-order valence-electron chi connectivity index (χ3n) is 4.54. The molecule has 3 aromatic rings. The molecule has 1 atom stereocenters. The highest BCUT2D eigenvalue weighted by Gasteiger charge is 2.21. The van der Waals surface area contributed by atoms with Gasteiger partial charge in [0, 0.05) is 24.4 Å². The normalized spacial score (nSPS) is 12.2. The van der Waals surface area contributed by atoms with Crippen LogP contribution in [-0.2, 0) is 4.74 Å². The van der Waals surface area contributed by atoms with E-state index in [1.807, 2.05) is 57.2 Å².